The molecule has 1 atom stereocenters. The molecule has 0 radical (unpaired) electrons. The number of sulfonamides is 1. The van der Waals surface area contributed by atoms with Crippen molar-refractivity contribution in [2.75, 3.05) is 19.6 Å². The minimum Gasteiger partial charge on any atom is -0.312 e. The van der Waals surface area contributed by atoms with Gasteiger partial charge in [0.25, 0.3) is 0 Å². The quantitative estimate of drug-likeness (QED) is 0.875. The Bertz CT molecular complexity index is 528. The van der Waals surface area contributed by atoms with Crippen LogP contribution in [0.2, 0.25) is 0 Å². The van der Waals surface area contributed by atoms with E-state index in [0.717, 1.165) is 22.5 Å². The number of piperazine rings is 1. The van der Waals surface area contributed by atoms with Crippen molar-refractivity contribution in [3.63, 3.8) is 0 Å². The predicted octanol–water partition coefficient (Wildman–Crippen LogP) is 0.947. The number of benzene rings is 1. The lowest BCUT2D eigenvalue weighted by molar-refractivity contribution is 0.307. The van der Waals surface area contributed by atoms with Crippen LogP contribution in [0.5, 0.6) is 0 Å². The minimum absolute atomic E-state index is 0.0386. The number of nitrogens with one attached hydrogen (secondary N) is 1. The summed E-state index contributed by atoms with van der Waals surface area (Å²) in [6.07, 6.45) is 0. The summed E-state index contributed by atoms with van der Waals surface area (Å²) in [7, 11) is -4.11. The topological polar surface area (TPSA) is 49.4 Å². The Labute approximate surface area is 105 Å². The number of rotatable bonds is 2. The van der Waals surface area contributed by atoms with Gasteiger partial charge in [-0.2, -0.15) is 4.31 Å². The van der Waals surface area contributed by atoms with Gasteiger partial charge < -0.3 is 5.32 Å². The smallest absolute Gasteiger partial charge is 0.249 e. The average Bonchev–Trinajstić information content (AvgIpc) is 2.28. The maximum absolute atomic E-state index is 13.5. The molecule has 0 unspecified atom stereocenters. The van der Waals surface area contributed by atoms with Crippen molar-refractivity contribution in [1.82, 2.24) is 9.62 Å². The first-order valence-electron chi connectivity index (χ1n) is 5.60. The van der Waals surface area contributed by atoms with Gasteiger partial charge in [-0.25, -0.2) is 17.2 Å². The van der Waals surface area contributed by atoms with Crippen LogP contribution in [0, 0.1) is 11.6 Å². The molecule has 1 saturated heterocycles. The third-order valence-electron chi connectivity index (χ3n) is 2.85. The van der Waals surface area contributed by atoms with Crippen LogP contribution >= 0.6 is 0 Å². The van der Waals surface area contributed by atoms with E-state index < -0.39 is 26.6 Å². The summed E-state index contributed by atoms with van der Waals surface area (Å²) in [6.45, 7) is 2.70. The maximum atomic E-state index is 13.5. The van der Waals surface area contributed by atoms with Crippen molar-refractivity contribution in [2.45, 2.75) is 17.9 Å². The number of hydrogen-bond donors (Lipinski definition) is 1. The summed E-state index contributed by atoms with van der Waals surface area (Å²) in [4.78, 5) is -0.862. The van der Waals surface area contributed by atoms with E-state index >= 15 is 0 Å². The first kappa shape index (κ1) is 13.4. The summed E-state index contributed by atoms with van der Waals surface area (Å²) in [6, 6.07) is 3.00. The molecule has 0 saturated carbocycles. The van der Waals surface area contributed by atoms with E-state index in [1.165, 1.54) is 0 Å². The van der Waals surface area contributed by atoms with Gasteiger partial charge in [-0.1, -0.05) is 6.07 Å². The molecule has 1 N–H and O–H groups in total. The zero-order valence-corrected chi connectivity index (χ0v) is 10.7. The summed E-state index contributed by atoms with van der Waals surface area (Å²) < 4.78 is 52.6. The van der Waals surface area contributed by atoms with Gasteiger partial charge in [0.2, 0.25) is 10.0 Å². The second-order valence-electron chi connectivity index (χ2n) is 4.27. The Balaban J connectivity index is 2.42. The van der Waals surface area contributed by atoms with Crippen LogP contribution in [0.25, 0.3) is 0 Å². The Hall–Kier alpha value is -1.05. The van der Waals surface area contributed by atoms with Crippen LogP contribution in [0.15, 0.2) is 23.1 Å². The number of nitrogens with zero attached hydrogens (tertiary/aromatic N) is 1. The zero-order valence-electron chi connectivity index (χ0n) is 9.86. The van der Waals surface area contributed by atoms with Crippen LogP contribution in [0.3, 0.4) is 0 Å². The molecule has 1 fully saturated rings. The highest BCUT2D eigenvalue weighted by atomic mass is 32.2. The van der Waals surface area contributed by atoms with Crippen LogP contribution in [0.1, 0.15) is 6.92 Å². The van der Waals surface area contributed by atoms with E-state index in [-0.39, 0.29) is 19.1 Å². The Morgan fingerprint density at radius 3 is 2.50 bits per heavy atom. The molecule has 0 spiro atoms. The van der Waals surface area contributed by atoms with Gasteiger partial charge >= 0.3 is 0 Å². The summed E-state index contributed by atoms with van der Waals surface area (Å²) in [5, 5.41) is 3.07. The lowest BCUT2D eigenvalue weighted by Gasteiger charge is -2.31. The van der Waals surface area contributed by atoms with Crippen molar-refractivity contribution in [1.29, 1.82) is 0 Å². The predicted molar refractivity (Wildman–Crippen MR) is 62.6 cm³/mol. The van der Waals surface area contributed by atoms with E-state index in [1.54, 1.807) is 0 Å². The third-order valence-corrected chi connectivity index (χ3v) is 4.77. The summed E-state index contributed by atoms with van der Waals surface area (Å²) in [5.41, 5.74) is 0. The number of hydrogen-bond acceptors (Lipinski definition) is 3. The third kappa shape index (κ3) is 2.38. The second-order valence-corrected chi connectivity index (χ2v) is 6.14. The molecule has 2 rings (SSSR count). The summed E-state index contributed by atoms with van der Waals surface area (Å²) >= 11 is 0. The SMILES string of the molecule is C[C@@H]1CN(S(=O)(=O)c2c(F)cccc2F)CCN1. The molecule has 0 bridgehead atoms. The first-order chi connectivity index (χ1) is 8.43. The van der Waals surface area contributed by atoms with Crippen LogP contribution in [-0.4, -0.2) is 38.4 Å². The van der Waals surface area contributed by atoms with Crippen molar-refractivity contribution in [3.05, 3.63) is 29.8 Å². The van der Waals surface area contributed by atoms with Gasteiger partial charge in [0, 0.05) is 25.7 Å². The fraction of sp³-hybridized carbons (Fsp3) is 0.455. The standard InChI is InChI=1S/C11H14F2N2O2S/c1-8-7-15(6-5-14-8)18(16,17)11-9(12)3-2-4-10(11)13/h2-4,8,14H,5-7H2,1H3/t8-/m1/s1. The van der Waals surface area contributed by atoms with Gasteiger partial charge in [0.15, 0.2) is 4.90 Å². The molecule has 0 amide bonds. The van der Waals surface area contributed by atoms with E-state index in [4.69, 9.17) is 0 Å². The van der Waals surface area contributed by atoms with Crippen LogP contribution < -0.4 is 5.32 Å². The molecule has 0 aliphatic carbocycles. The summed E-state index contributed by atoms with van der Waals surface area (Å²) in [5.74, 6) is -2.11. The van der Waals surface area contributed by atoms with Crippen LogP contribution in [0.4, 0.5) is 8.78 Å². The Morgan fingerprint density at radius 2 is 1.94 bits per heavy atom. The molecule has 18 heavy (non-hydrogen) atoms. The first-order valence-corrected chi connectivity index (χ1v) is 7.04. The van der Waals surface area contributed by atoms with E-state index in [1.807, 2.05) is 6.92 Å². The normalized spacial score (nSPS) is 22.1. The molecule has 4 nitrogen and oxygen atoms in total. The molecule has 7 heteroatoms. The van der Waals surface area contributed by atoms with Crippen molar-refractivity contribution >= 4 is 10.0 Å². The van der Waals surface area contributed by atoms with Crippen molar-refractivity contribution in [3.8, 4) is 0 Å². The fourth-order valence-corrected chi connectivity index (χ4v) is 3.61. The zero-order chi connectivity index (χ0) is 13.3. The van der Waals surface area contributed by atoms with Gasteiger partial charge in [0.1, 0.15) is 11.6 Å². The molecular weight excluding hydrogens is 262 g/mol. The Morgan fingerprint density at radius 1 is 1.33 bits per heavy atom. The van der Waals surface area contributed by atoms with Crippen molar-refractivity contribution < 1.29 is 17.2 Å². The molecule has 1 aliphatic rings. The minimum atomic E-state index is -4.11. The molecule has 0 aromatic heterocycles. The van der Waals surface area contributed by atoms with E-state index in [2.05, 4.69) is 5.32 Å². The molecule has 1 aromatic carbocycles. The highest BCUT2D eigenvalue weighted by Gasteiger charge is 2.32. The highest BCUT2D eigenvalue weighted by Crippen LogP contribution is 2.23. The molecule has 1 aromatic rings. The van der Waals surface area contributed by atoms with Gasteiger partial charge in [-0.05, 0) is 19.1 Å². The lowest BCUT2D eigenvalue weighted by atomic mass is 10.3. The van der Waals surface area contributed by atoms with Crippen LogP contribution in [-0.2, 0) is 10.0 Å². The largest absolute Gasteiger partial charge is 0.312 e. The molecular formula is C11H14F2N2O2S. The van der Waals surface area contributed by atoms with Gasteiger partial charge in [-0.15, -0.1) is 0 Å². The molecule has 1 aliphatic heterocycles. The van der Waals surface area contributed by atoms with Gasteiger partial charge in [0.05, 0.1) is 0 Å². The molecule has 1 heterocycles. The van der Waals surface area contributed by atoms with E-state index in [0.29, 0.717) is 6.54 Å². The van der Waals surface area contributed by atoms with E-state index in [9.17, 15) is 17.2 Å². The maximum Gasteiger partial charge on any atom is 0.249 e. The highest BCUT2D eigenvalue weighted by molar-refractivity contribution is 7.89. The Kier molecular flexibility index (Phi) is 3.65. The molecule has 100 valence electrons. The fourth-order valence-electron chi connectivity index (χ4n) is 1.97. The average molecular weight is 276 g/mol. The lowest BCUT2D eigenvalue weighted by Crippen LogP contribution is -2.51. The number of halogens is 2. The second kappa shape index (κ2) is 4.91. The van der Waals surface area contributed by atoms with Crippen molar-refractivity contribution in [2.24, 2.45) is 0 Å². The monoisotopic (exact) mass is 276 g/mol. The van der Waals surface area contributed by atoms with Gasteiger partial charge in [-0.3, -0.25) is 0 Å².